The minimum absolute atomic E-state index is 0.0319. The van der Waals surface area contributed by atoms with E-state index in [4.69, 9.17) is 5.73 Å². The summed E-state index contributed by atoms with van der Waals surface area (Å²) < 4.78 is 1.22. The van der Waals surface area contributed by atoms with Crippen LogP contribution >= 0.6 is 11.3 Å². The van der Waals surface area contributed by atoms with Gasteiger partial charge in [-0.2, -0.15) is 0 Å². The van der Waals surface area contributed by atoms with Crippen LogP contribution < -0.4 is 21.9 Å². The second-order valence-electron chi connectivity index (χ2n) is 7.95. The van der Waals surface area contributed by atoms with Gasteiger partial charge >= 0.3 is 5.69 Å². The fraction of sp³-hybridized carbons (Fsp3) is 0.304. The number of nitrogens with zero attached hydrogens (tertiary/aromatic N) is 3. The highest BCUT2D eigenvalue weighted by atomic mass is 32.1. The molecule has 1 aliphatic heterocycles. The van der Waals surface area contributed by atoms with Crippen molar-refractivity contribution in [3.05, 3.63) is 78.6 Å². The van der Waals surface area contributed by atoms with Gasteiger partial charge < -0.3 is 15.5 Å². The Labute approximate surface area is 194 Å². The average Bonchev–Trinajstić information content (AvgIpc) is 3.28. The molecular weight excluding hydrogens is 442 g/mol. The summed E-state index contributed by atoms with van der Waals surface area (Å²) in [5, 5.41) is 2.02. The third kappa shape index (κ3) is 4.75. The summed E-state index contributed by atoms with van der Waals surface area (Å²) in [5.74, 6) is -0.640. The van der Waals surface area contributed by atoms with Crippen molar-refractivity contribution < 1.29 is 9.59 Å². The van der Waals surface area contributed by atoms with Crippen LogP contribution in [0.5, 0.6) is 0 Å². The normalized spacial score (nSPS) is 12.9. The zero-order valence-corrected chi connectivity index (χ0v) is 19.1. The summed E-state index contributed by atoms with van der Waals surface area (Å²) >= 11 is 1.70. The van der Waals surface area contributed by atoms with Gasteiger partial charge in [-0.3, -0.25) is 23.9 Å². The van der Waals surface area contributed by atoms with Crippen molar-refractivity contribution in [3.8, 4) is 0 Å². The SMILES string of the molecule is CN(C(=O)CCC(=O)N1CCc2sccc2C1)c1c(N)n(Cc2ccccc2)c(=O)[nH]c1=O. The number of aromatic nitrogens is 2. The van der Waals surface area contributed by atoms with Gasteiger partial charge in [-0.25, -0.2) is 4.79 Å². The summed E-state index contributed by atoms with van der Waals surface area (Å²) in [6.45, 7) is 1.33. The molecule has 0 aliphatic carbocycles. The predicted octanol–water partition coefficient (Wildman–Crippen LogP) is 1.56. The van der Waals surface area contributed by atoms with Crippen LogP contribution in [-0.4, -0.2) is 39.9 Å². The molecule has 172 valence electrons. The number of amides is 2. The molecule has 3 aromatic rings. The van der Waals surface area contributed by atoms with E-state index in [1.54, 1.807) is 16.2 Å². The van der Waals surface area contributed by atoms with Gasteiger partial charge in [-0.15, -0.1) is 11.3 Å². The van der Waals surface area contributed by atoms with Crippen LogP contribution in [0.2, 0.25) is 0 Å². The van der Waals surface area contributed by atoms with Crippen molar-refractivity contribution in [2.45, 2.75) is 32.4 Å². The molecule has 33 heavy (non-hydrogen) atoms. The lowest BCUT2D eigenvalue weighted by Gasteiger charge is -2.27. The molecule has 0 saturated carbocycles. The molecule has 0 spiro atoms. The molecule has 3 heterocycles. The highest BCUT2D eigenvalue weighted by Gasteiger charge is 2.24. The number of H-pyrrole nitrogens is 1. The molecule has 0 saturated heterocycles. The molecule has 2 aromatic heterocycles. The number of thiophene rings is 1. The molecule has 3 N–H and O–H groups in total. The molecule has 9 nitrogen and oxygen atoms in total. The predicted molar refractivity (Wildman–Crippen MR) is 127 cm³/mol. The molecule has 0 bridgehead atoms. The smallest absolute Gasteiger partial charge is 0.330 e. The van der Waals surface area contributed by atoms with E-state index in [0.29, 0.717) is 13.1 Å². The molecule has 4 rings (SSSR count). The maximum absolute atomic E-state index is 12.8. The third-order valence-corrected chi connectivity index (χ3v) is 6.84. The van der Waals surface area contributed by atoms with E-state index < -0.39 is 17.2 Å². The zero-order valence-electron chi connectivity index (χ0n) is 18.2. The van der Waals surface area contributed by atoms with Crippen molar-refractivity contribution in [1.29, 1.82) is 0 Å². The highest BCUT2D eigenvalue weighted by Crippen LogP contribution is 2.24. The third-order valence-electron chi connectivity index (χ3n) is 5.82. The Bertz CT molecular complexity index is 1290. The van der Waals surface area contributed by atoms with Crippen LogP contribution in [0.1, 0.15) is 28.8 Å². The minimum Gasteiger partial charge on any atom is -0.383 e. The number of rotatable bonds is 6. The topological polar surface area (TPSA) is 121 Å². The Morgan fingerprint density at radius 1 is 1.15 bits per heavy atom. The maximum atomic E-state index is 12.8. The van der Waals surface area contributed by atoms with Crippen LogP contribution in [0.15, 0.2) is 51.4 Å². The number of benzene rings is 1. The van der Waals surface area contributed by atoms with Crippen molar-refractivity contribution in [2.75, 3.05) is 24.2 Å². The second-order valence-corrected chi connectivity index (χ2v) is 8.95. The van der Waals surface area contributed by atoms with Crippen molar-refractivity contribution >= 4 is 34.7 Å². The van der Waals surface area contributed by atoms with Crippen LogP contribution in [-0.2, 0) is 29.1 Å². The first-order chi connectivity index (χ1) is 15.8. The Kier molecular flexibility index (Phi) is 6.45. The molecule has 10 heteroatoms. The Balaban J connectivity index is 1.46. The lowest BCUT2D eigenvalue weighted by atomic mass is 10.1. The van der Waals surface area contributed by atoms with Gasteiger partial charge in [0.2, 0.25) is 11.8 Å². The Morgan fingerprint density at radius 3 is 2.67 bits per heavy atom. The lowest BCUT2D eigenvalue weighted by Crippen LogP contribution is -2.40. The van der Waals surface area contributed by atoms with Gasteiger partial charge in [0.05, 0.1) is 6.54 Å². The van der Waals surface area contributed by atoms with Gasteiger partial charge in [0, 0.05) is 37.9 Å². The second kappa shape index (κ2) is 9.45. The Morgan fingerprint density at radius 2 is 1.91 bits per heavy atom. The molecule has 0 fully saturated rings. The van der Waals surface area contributed by atoms with Crippen molar-refractivity contribution in [1.82, 2.24) is 14.5 Å². The number of hydrogen-bond donors (Lipinski definition) is 2. The maximum Gasteiger partial charge on any atom is 0.330 e. The number of nitrogens with one attached hydrogen (secondary N) is 1. The fourth-order valence-electron chi connectivity index (χ4n) is 3.95. The lowest BCUT2D eigenvalue weighted by molar-refractivity contribution is -0.133. The summed E-state index contributed by atoms with van der Waals surface area (Å²) in [5.41, 5.74) is 6.62. The number of fused-ring (bicyclic) bond motifs is 1. The first-order valence-corrected chi connectivity index (χ1v) is 11.5. The van der Waals surface area contributed by atoms with E-state index in [1.165, 1.54) is 16.5 Å². The number of carbonyl (C=O) groups is 2. The highest BCUT2D eigenvalue weighted by molar-refractivity contribution is 7.10. The largest absolute Gasteiger partial charge is 0.383 e. The Hall–Kier alpha value is -3.66. The van der Waals surface area contributed by atoms with E-state index >= 15 is 0 Å². The number of aromatic amines is 1. The number of hydrogen-bond acceptors (Lipinski definition) is 6. The zero-order chi connectivity index (χ0) is 23.5. The summed E-state index contributed by atoms with van der Waals surface area (Å²) in [4.78, 5) is 56.7. The summed E-state index contributed by atoms with van der Waals surface area (Å²) in [6, 6.07) is 11.2. The first-order valence-electron chi connectivity index (χ1n) is 10.6. The van der Waals surface area contributed by atoms with Gasteiger partial charge in [0.25, 0.3) is 5.56 Å². The van der Waals surface area contributed by atoms with Gasteiger partial charge in [0.15, 0.2) is 5.69 Å². The van der Waals surface area contributed by atoms with E-state index in [1.807, 2.05) is 41.8 Å². The van der Waals surface area contributed by atoms with Crippen LogP contribution in [0.3, 0.4) is 0 Å². The van der Waals surface area contributed by atoms with Gasteiger partial charge in [0.1, 0.15) is 5.82 Å². The number of nitrogens with two attached hydrogens (primary N) is 1. The molecular formula is C23H25N5O4S. The number of carbonyl (C=O) groups excluding carboxylic acids is 2. The molecule has 1 aromatic carbocycles. The number of anilines is 2. The van der Waals surface area contributed by atoms with Crippen LogP contribution in [0.4, 0.5) is 11.5 Å². The monoisotopic (exact) mass is 467 g/mol. The van der Waals surface area contributed by atoms with E-state index in [0.717, 1.165) is 22.4 Å². The van der Waals surface area contributed by atoms with Gasteiger partial charge in [-0.1, -0.05) is 30.3 Å². The molecule has 1 aliphatic rings. The number of nitrogen functional groups attached to an aromatic ring is 1. The summed E-state index contributed by atoms with van der Waals surface area (Å²) in [7, 11) is 1.42. The van der Waals surface area contributed by atoms with Crippen molar-refractivity contribution in [3.63, 3.8) is 0 Å². The molecule has 2 amide bonds. The average molecular weight is 468 g/mol. The molecule has 0 radical (unpaired) electrons. The fourth-order valence-corrected chi connectivity index (χ4v) is 4.84. The van der Waals surface area contributed by atoms with Crippen molar-refractivity contribution in [2.24, 2.45) is 0 Å². The minimum atomic E-state index is -0.745. The first kappa shape index (κ1) is 22.5. The van der Waals surface area contributed by atoms with Crippen LogP contribution in [0.25, 0.3) is 0 Å². The van der Waals surface area contributed by atoms with E-state index in [-0.39, 0.29) is 36.8 Å². The van der Waals surface area contributed by atoms with E-state index in [9.17, 15) is 19.2 Å². The molecule has 0 atom stereocenters. The van der Waals surface area contributed by atoms with E-state index in [2.05, 4.69) is 4.98 Å². The van der Waals surface area contributed by atoms with Gasteiger partial charge in [-0.05, 0) is 29.0 Å². The molecule has 0 unspecified atom stereocenters. The standard InChI is InChI=1S/C23H25N5O4S/c1-26(18(29)7-8-19(30)27-11-9-17-16(14-27)10-12-33-17)20-21(24)28(23(32)25-22(20)31)13-15-5-3-2-4-6-15/h2-6,10,12H,7-9,11,13-14,24H2,1H3,(H,25,31,32). The summed E-state index contributed by atoms with van der Waals surface area (Å²) in [6.07, 6.45) is 0.782. The van der Waals surface area contributed by atoms with Crippen LogP contribution in [0, 0.1) is 0 Å². The quantitative estimate of drug-likeness (QED) is 0.570.